The summed E-state index contributed by atoms with van der Waals surface area (Å²) in [6.45, 7) is 0. The molecule has 0 atom stereocenters. The van der Waals surface area contributed by atoms with Crippen LogP contribution in [0.4, 0.5) is 0 Å². The van der Waals surface area contributed by atoms with Gasteiger partial charge in [-0.2, -0.15) is 0 Å². The predicted octanol–water partition coefficient (Wildman–Crippen LogP) is 1.09. The van der Waals surface area contributed by atoms with Gasteiger partial charge in [-0.3, -0.25) is 0 Å². The average molecular weight is 97.1 g/mol. The van der Waals surface area contributed by atoms with Crippen molar-refractivity contribution in [1.82, 2.24) is 0 Å². The van der Waals surface area contributed by atoms with Crippen LogP contribution in [0.15, 0.2) is 16.7 Å². The van der Waals surface area contributed by atoms with Crippen molar-refractivity contribution in [3.8, 4) is 5.75 Å². The first-order valence-electron chi connectivity index (χ1n) is 1.92. The highest BCUT2D eigenvalue weighted by Crippen LogP contribution is 2.05. The molecule has 2 heteroatoms. The van der Waals surface area contributed by atoms with E-state index in [0.717, 1.165) is 0 Å². The van der Waals surface area contributed by atoms with Crippen LogP contribution in [0.1, 0.15) is 0 Å². The highest BCUT2D eigenvalue weighted by atomic mass is 16.5. The first-order chi connectivity index (χ1) is 3.43. The Bertz CT molecular complexity index is 121. The lowest BCUT2D eigenvalue weighted by atomic mass is 10.6. The van der Waals surface area contributed by atoms with Crippen LogP contribution in [0, 0.1) is 6.26 Å². The van der Waals surface area contributed by atoms with Gasteiger partial charge < -0.3 is 9.15 Å². The maximum atomic E-state index is 4.70. The molecule has 2 nitrogen and oxygen atoms in total. The number of hydrogen-bond acceptors (Lipinski definition) is 2. The topological polar surface area (TPSA) is 22.4 Å². The van der Waals surface area contributed by atoms with E-state index in [0.29, 0.717) is 5.75 Å². The van der Waals surface area contributed by atoms with Gasteiger partial charge in [0, 0.05) is 6.07 Å². The molecule has 0 aliphatic rings. The molecule has 1 heterocycles. The van der Waals surface area contributed by atoms with Crippen LogP contribution in [-0.4, -0.2) is 7.11 Å². The van der Waals surface area contributed by atoms with Gasteiger partial charge in [0.05, 0.1) is 13.4 Å². The Balaban J connectivity index is 2.76. The highest BCUT2D eigenvalue weighted by Gasteiger charge is 1.86. The van der Waals surface area contributed by atoms with Crippen LogP contribution in [0.3, 0.4) is 0 Å². The summed E-state index contributed by atoms with van der Waals surface area (Å²) in [4.78, 5) is 0. The van der Waals surface area contributed by atoms with E-state index in [4.69, 9.17) is 4.74 Å². The number of furan rings is 1. The van der Waals surface area contributed by atoms with Gasteiger partial charge >= 0.3 is 0 Å². The molecule has 0 N–H and O–H groups in total. The van der Waals surface area contributed by atoms with Crippen molar-refractivity contribution in [2.24, 2.45) is 0 Å². The summed E-state index contributed by atoms with van der Waals surface area (Å²) in [5, 5.41) is 0. The molecule has 1 rings (SSSR count). The third-order valence-corrected chi connectivity index (χ3v) is 0.667. The minimum atomic E-state index is 0.639. The summed E-state index contributed by atoms with van der Waals surface area (Å²) in [6, 6.07) is 1.69. The molecule has 1 radical (unpaired) electrons. The van der Waals surface area contributed by atoms with Crippen molar-refractivity contribution in [3.05, 3.63) is 18.6 Å². The number of hydrogen-bond donors (Lipinski definition) is 0. The Kier molecular flexibility index (Phi) is 1.02. The van der Waals surface area contributed by atoms with E-state index in [2.05, 4.69) is 10.7 Å². The third kappa shape index (κ3) is 0.738. The van der Waals surface area contributed by atoms with Gasteiger partial charge in [-0.25, -0.2) is 0 Å². The Hall–Kier alpha value is -0.920. The molecule has 0 saturated carbocycles. The van der Waals surface area contributed by atoms with Gasteiger partial charge in [-0.05, 0) is 0 Å². The van der Waals surface area contributed by atoms with E-state index >= 15 is 0 Å². The maximum absolute atomic E-state index is 4.70. The number of methoxy groups -OCH3 is 1. The SMILES string of the molecule is COc1[c]occ1. The van der Waals surface area contributed by atoms with Gasteiger partial charge in [0.1, 0.15) is 0 Å². The highest BCUT2D eigenvalue weighted by molar-refractivity contribution is 5.10. The van der Waals surface area contributed by atoms with Crippen molar-refractivity contribution < 1.29 is 9.15 Å². The molecule has 0 amide bonds. The van der Waals surface area contributed by atoms with Crippen LogP contribution in [0.2, 0.25) is 0 Å². The van der Waals surface area contributed by atoms with Crippen LogP contribution in [-0.2, 0) is 0 Å². The van der Waals surface area contributed by atoms with E-state index < -0.39 is 0 Å². The van der Waals surface area contributed by atoms with Crippen LogP contribution in [0.5, 0.6) is 5.75 Å². The Morgan fingerprint density at radius 1 is 1.86 bits per heavy atom. The molecule has 0 unspecified atom stereocenters. The van der Waals surface area contributed by atoms with Crippen molar-refractivity contribution in [1.29, 1.82) is 0 Å². The van der Waals surface area contributed by atoms with Gasteiger partial charge in [0.15, 0.2) is 5.75 Å². The van der Waals surface area contributed by atoms with Crippen molar-refractivity contribution >= 4 is 0 Å². The van der Waals surface area contributed by atoms with E-state index in [1.54, 1.807) is 13.2 Å². The van der Waals surface area contributed by atoms with E-state index in [1.807, 2.05) is 0 Å². The van der Waals surface area contributed by atoms with Crippen LogP contribution < -0.4 is 4.74 Å². The summed E-state index contributed by atoms with van der Waals surface area (Å²) in [5.41, 5.74) is 0. The van der Waals surface area contributed by atoms with Crippen LogP contribution >= 0.6 is 0 Å². The second-order valence-electron chi connectivity index (χ2n) is 1.09. The summed E-state index contributed by atoms with van der Waals surface area (Å²) in [5.74, 6) is 0.639. The molecular weight excluding hydrogens is 92.1 g/mol. The van der Waals surface area contributed by atoms with Gasteiger partial charge in [-0.15, -0.1) is 0 Å². The lowest BCUT2D eigenvalue weighted by molar-refractivity contribution is 0.403. The predicted molar refractivity (Wildman–Crippen MR) is 24.1 cm³/mol. The summed E-state index contributed by atoms with van der Waals surface area (Å²) >= 11 is 0. The number of rotatable bonds is 1. The summed E-state index contributed by atoms with van der Waals surface area (Å²) in [7, 11) is 1.57. The quantitative estimate of drug-likeness (QED) is 0.523. The molecule has 1 aromatic heterocycles. The largest absolute Gasteiger partial charge is 0.493 e. The smallest absolute Gasteiger partial charge is 0.214 e. The lowest BCUT2D eigenvalue weighted by Gasteiger charge is -1.84. The fourth-order valence-corrected chi connectivity index (χ4v) is 0.332. The number of ether oxygens (including phenoxy) is 1. The van der Waals surface area contributed by atoms with E-state index in [9.17, 15) is 0 Å². The van der Waals surface area contributed by atoms with Gasteiger partial charge in [0.25, 0.3) is 0 Å². The Morgan fingerprint density at radius 3 is 3.00 bits per heavy atom. The normalized spacial score (nSPS) is 8.71. The summed E-state index contributed by atoms with van der Waals surface area (Å²) in [6.07, 6.45) is 4.00. The van der Waals surface area contributed by atoms with Crippen molar-refractivity contribution in [3.63, 3.8) is 0 Å². The zero-order valence-corrected chi connectivity index (χ0v) is 3.97. The van der Waals surface area contributed by atoms with E-state index in [-0.39, 0.29) is 0 Å². The molecule has 0 fully saturated rings. The minimum absolute atomic E-state index is 0.639. The van der Waals surface area contributed by atoms with E-state index in [1.165, 1.54) is 6.26 Å². The molecule has 1 aromatic rings. The molecule has 0 spiro atoms. The Labute approximate surface area is 41.7 Å². The molecule has 0 saturated heterocycles. The second kappa shape index (κ2) is 1.69. The van der Waals surface area contributed by atoms with Crippen molar-refractivity contribution in [2.75, 3.05) is 7.11 Å². The molecule has 37 valence electrons. The summed E-state index contributed by atoms with van der Waals surface area (Å²) < 4.78 is 9.26. The average Bonchev–Trinajstić information content (AvgIpc) is 2.14. The fourth-order valence-electron chi connectivity index (χ4n) is 0.332. The molecule has 0 aliphatic heterocycles. The molecule has 0 aromatic carbocycles. The van der Waals surface area contributed by atoms with Gasteiger partial charge in [-0.1, -0.05) is 0 Å². The van der Waals surface area contributed by atoms with Crippen molar-refractivity contribution in [2.45, 2.75) is 0 Å². The zero-order valence-electron chi connectivity index (χ0n) is 3.97. The molecular formula is C5H5O2. The van der Waals surface area contributed by atoms with Gasteiger partial charge in [0.2, 0.25) is 6.26 Å². The molecule has 7 heavy (non-hydrogen) atoms. The second-order valence-corrected chi connectivity index (χ2v) is 1.09. The fraction of sp³-hybridized carbons (Fsp3) is 0.200. The zero-order chi connectivity index (χ0) is 5.11. The molecule has 0 aliphatic carbocycles. The molecule has 0 bridgehead atoms. The maximum Gasteiger partial charge on any atom is 0.214 e. The first-order valence-corrected chi connectivity index (χ1v) is 1.92. The standard InChI is InChI=1S/C5H5O2/c1-6-5-2-3-7-4-5/h2-3H,1H3. The van der Waals surface area contributed by atoms with Crippen LogP contribution in [0.25, 0.3) is 0 Å². The first kappa shape index (κ1) is 4.24. The monoisotopic (exact) mass is 97.0 g/mol. The third-order valence-electron chi connectivity index (χ3n) is 0.667. The lowest BCUT2D eigenvalue weighted by Crippen LogP contribution is -1.75. The minimum Gasteiger partial charge on any atom is -0.493 e. The Morgan fingerprint density at radius 2 is 2.71 bits per heavy atom.